The van der Waals surface area contributed by atoms with Crippen molar-refractivity contribution in [1.29, 1.82) is 0 Å². The van der Waals surface area contributed by atoms with E-state index >= 15 is 0 Å². The van der Waals surface area contributed by atoms with E-state index in [1.165, 1.54) is 0 Å². The van der Waals surface area contributed by atoms with Crippen LogP contribution in [0.3, 0.4) is 0 Å². The topological polar surface area (TPSA) is 68.0 Å². The Kier molecular flexibility index (Phi) is 3.34. The van der Waals surface area contributed by atoms with Crippen molar-refractivity contribution < 1.29 is 23.1 Å². The van der Waals surface area contributed by atoms with Gasteiger partial charge >= 0.3 is 12.1 Å². The quantitative estimate of drug-likeness (QED) is 0.942. The normalized spacial score (nSPS) is 15.5. The molecule has 1 N–H and O–H groups in total. The summed E-state index contributed by atoms with van der Waals surface area (Å²) in [4.78, 5) is 15.1. The first-order chi connectivity index (χ1) is 10.3. The van der Waals surface area contributed by atoms with Gasteiger partial charge in [-0.1, -0.05) is 6.92 Å². The SMILES string of the molecule is CCc1cc(C(F)(F)F)c2c(C3CC3)nn(CC(=O)O)c2n1. The number of halogens is 3. The van der Waals surface area contributed by atoms with E-state index in [0.717, 1.165) is 23.6 Å². The molecule has 0 aliphatic heterocycles. The molecule has 2 aromatic rings. The maximum Gasteiger partial charge on any atom is 0.417 e. The van der Waals surface area contributed by atoms with Gasteiger partial charge in [-0.25, -0.2) is 9.67 Å². The average Bonchev–Trinajstić information content (AvgIpc) is 3.20. The monoisotopic (exact) mass is 313 g/mol. The van der Waals surface area contributed by atoms with Gasteiger partial charge in [-0.2, -0.15) is 18.3 Å². The maximum absolute atomic E-state index is 13.4. The highest BCUT2D eigenvalue weighted by Gasteiger charge is 2.39. The lowest BCUT2D eigenvalue weighted by atomic mass is 10.1. The van der Waals surface area contributed by atoms with Crippen LogP contribution in [0.5, 0.6) is 0 Å². The van der Waals surface area contributed by atoms with Crippen LogP contribution >= 0.6 is 0 Å². The van der Waals surface area contributed by atoms with Gasteiger partial charge in [-0.3, -0.25) is 4.79 Å². The number of hydrogen-bond donors (Lipinski definition) is 1. The van der Waals surface area contributed by atoms with Crippen molar-refractivity contribution in [3.63, 3.8) is 0 Å². The largest absolute Gasteiger partial charge is 0.480 e. The van der Waals surface area contributed by atoms with Gasteiger partial charge in [0.25, 0.3) is 0 Å². The predicted molar refractivity (Wildman–Crippen MR) is 71.5 cm³/mol. The predicted octanol–water partition coefficient (Wildman–Crippen LogP) is 2.97. The first-order valence-electron chi connectivity index (χ1n) is 7.00. The van der Waals surface area contributed by atoms with Crippen molar-refractivity contribution in [2.75, 3.05) is 0 Å². The Morgan fingerprint density at radius 3 is 2.64 bits per heavy atom. The Hall–Kier alpha value is -2.12. The maximum atomic E-state index is 13.4. The Labute approximate surface area is 123 Å². The fourth-order valence-electron chi connectivity index (χ4n) is 2.54. The van der Waals surface area contributed by atoms with Crippen LogP contribution in [0.4, 0.5) is 13.2 Å². The number of pyridine rings is 1. The van der Waals surface area contributed by atoms with Gasteiger partial charge in [0.15, 0.2) is 5.65 Å². The lowest BCUT2D eigenvalue weighted by Crippen LogP contribution is -2.12. The van der Waals surface area contributed by atoms with E-state index < -0.39 is 24.3 Å². The molecular weight excluding hydrogens is 299 g/mol. The molecule has 3 rings (SSSR count). The molecule has 1 aliphatic rings. The molecule has 0 amide bonds. The number of hydrogen-bond acceptors (Lipinski definition) is 3. The van der Waals surface area contributed by atoms with Crippen molar-refractivity contribution in [1.82, 2.24) is 14.8 Å². The second-order valence-electron chi connectivity index (χ2n) is 5.42. The molecule has 2 heterocycles. The third kappa shape index (κ3) is 2.53. The molecule has 1 aliphatic carbocycles. The lowest BCUT2D eigenvalue weighted by Gasteiger charge is -2.11. The highest BCUT2D eigenvalue weighted by atomic mass is 19.4. The average molecular weight is 313 g/mol. The molecule has 22 heavy (non-hydrogen) atoms. The lowest BCUT2D eigenvalue weighted by molar-refractivity contribution is -0.138. The van der Waals surface area contributed by atoms with E-state index in [9.17, 15) is 18.0 Å². The van der Waals surface area contributed by atoms with E-state index in [1.807, 2.05) is 0 Å². The zero-order valence-electron chi connectivity index (χ0n) is 11.8. The third-order valence-corrected chi connectivity index (χ3v) is 3.70. The second-order valence-corrected chi connectivity index (χ2v) is 5.42. The zero-order chi connectivity index (χ0) is 16.1. The van der Waals surface area contributed by atoms with Crippen LogP contribution < -0.4 is 0 Å². The van der Waals surface area contributed by atoms with E-state index in [2.05, 4.69) is 10.1 Å². The fourth-order valence-corrected chi connectivity index (χ4v) is 2.54. The molecular formula is C14H14F3N3O2. The summed E-state index contributed by atoms with van der Waals surface area (Å²) in [6.45, 7) is 1.20. The number of carboxylic acid groups (broad SMARTS) is 1. The van der Waals surface area contributed by atoms with E-state index in [4.69, 9.17) is 5.11 Å². The highest BCUT2D eigenvalue weighted by molar-refractivity contribution is 5.85. The number of aliphatic carboxylic acids is 1. The molecule has 118 valence electrons. The summed E-state index contributed by atoms with van der Waals surface area (Å²) in [5.74, 6) is -1.20. The first-order valence-corrected chi connectivity index (χ1v) is 7.00. The van der Waals surface area contributed by atoms with E-state index in [0.29, 0.717) is 12.1 Å². The number of rotatable bonds is 4. The molecule has 0 radical (unpaired) electrons. The van der Waals surface area contributed by atoms with Gasteiger partial charge in [-0.05, 0) is 25.3 Å². The first kappa shape index (κ1) is 14.8. The number of carbonyl (C=O) groups is 1. The number of alkyl halides is 3. The third-order valence-electron chi connectivity index (χ3n) is 3.70. The molecule has 0 unspecified atom stereocenters. The van der Waals surface area contributed by atoms with Crippen molar-refractivity contribution in [3.05, 3.63) is 23.0 Å². The molecule has 5 nitrogen and oxygen atoms in total. The standard InChI is InChI=1S/C14H14F3N3O2/c1-2-8-5-9(14(15,16)17)11-12(7-3-4-7)19-20(6-10(21)22)13(11)18-8/h5,7H,2-4,6H2,1H3,(H,21,22). The Bertz CT molecular complexity index is 748. The van der Waals surface area contributed by atoms with E-state index in [-0.39, 0.29) is 22.6 Å². The molecule has 0 saturated heterocycles. The molecule has 0 aromatic carbocycles. The summed E-state index contributed by atoms with van der Waals surface area (Å²) in [6, 6.07) is 1.04. The molecule has 2 aromatic heterocycles. The van der Waals surface area contributed by atoms with Crippen LogP contribution in [0.25, 0.3) is 11.0 Å². The summed E-state index contributed by atoms with van der Waals surface area (Å²) in [6.07, 6.45) is -2.65. The molecule has 0 spiro atoms. The van der Waals surface area contributed by atoms with Gasteiger partial charge in [0.1, 0.15) is 6.54 Å². The van der Waals surface area contributed by atoms with Crippen LogP contribution in [0.15, 0.2) is 6.07 Å². The Morgan fingerprint density at radius 1 is 1.45 bits per heavy atom. The number of aryl methyl sites for hydroxylation is 1. The van der Waals surface area contributed by atoms with Gasteiger partial charge in [-0.15, -0.1) is 0 Å². The highest BCUT2D eigenvalue weighted by Crippen LogP contribution is 2.45. The van der Waals surface area contributed by atoms with Gasteiger partial charge in [0.05, 0.1) is 16.6 Å². The smallest absolute Gasteiger partial charge is 0.417 e. The molecule has 1 fully saturated rings. The minimum Gasteiger partial charge on any atom is -0.480 e. The van der Waals surface area contributed by atoms with Crippen molar-refractivity contribution in [2.24, 2.45) is 0 Å². The fraction of sp³-hybridized carbons (Fsp3) is 0.500. The molecule has 8 heteroatoms. The van der Waals surface area contributed by atoms with Crippen LogP contribution in [0.2, 0.25) is 0 Å². The Balaban J connectivity index is 2.32. The van der Waals surface area contributed by atoms with Crippen molar-refractivity contribution >= 4 is 17.0 Å². The van der Waals surface area contributed by atoms with E-state index in [1.54, 1.807) is 6.92 Å². The zero-order valence-corrected chi connectivity index (χ0v) is 11.8. The van der Waals surface area contributed by atoms with Crippen LogP contribution in [0.1, 0.15) is 42.6 Å². The number of carboxylic acids is 1. The molecule has 0 atom stereocenters. The summed E-state index contributed by atoms with van der Waals surface area (Å²) in [5.41, 5.74) is -0.170. The molecule has 1 saturated carbocycles. The van der Waals surface area contributed by atoms with Crippen LogP contribution in [0, 0.1) is 0 Å². The van der Waals surface area contributed by atoms with Crippen molar-refractivity contribution in [3.8, 4) is 0 Å². The minimum atomic E-state index is -4.52. The summed E-state index contributed by atoms with van der Waals surface area (Å²) in [7, 11) is 0. The summed E-state index contributed by atoms with van der Waals surface area (Å²) >= 11 is 0. The van der Waals surface area contributed by atoms with Gasteiger partial charge in [0.2, 0.25) is 0 Å². The number of nitrogens with zero attached hydrogens (tertiary/aromatic N) is 3. The summed E-state index contributed by atoms with van der Waals surface area (Å²) in [5, 5.41) is 13.0. The van der Waals surface area contributed by atoms with Gasteiger partial charge < -0.3 is 5.11 Å². The number of fused-ring (bicyclic) bond motifs is 1. The van der Waals surface area contributed by atoms with Crippen molar-refractivity contribution in [2.45, 2.75) is 44.8 Å². The second kappa shape index (κ2) is 4.96. The van der Waals surface area contributed by atoms with Crippen LogP contribution in [-0.4, -0.2) is 25.8 Å². The number of aromatic nitrogens is 3. The summed E-state index contributed by atoms with van der Waals surface area (Å²) < 4.78 is 41.2. The minimum absolute atomic E-state index is 0.0102. The molecule has 0 bridgehead atoms. The van der Waals surface area contributed by atoms with Gasteiger partial charge in [0, 0.05) is 11.6 Å². The van der Waals surface area contributed by atoms with Crippen LogP contribution in [-0.2, 0) is 23.9 Å². The Morgan fingerprint density at radius 2 is 2.14 bits per heavy atom.